The lowest BCUT2D eigenvalue weighted by Gasteiger charge is -2.17. The highest BCUT2D eigenvalue weighted by molar-refractivity contribution is 5.82. The highest BCUT2D eigenvalue weighted by atomic mass is 16.2. The van der Waals surface area contributed by atoms with Crippen LogP contribution in [-0.4, -0.2) is 29.3 Å². The summed E-state index contributed by atoms with van der Waals surface area (Å²) in [5.74, 6) is 0.559. The number of carbonyl (C=O) groups excluding carboxylic acids is 2. The molecule has 116 valence electrons. The number of allylic oxidation sites excluding steroid dienone is 2. The van der Waals surface area contributed by atoms with E-state index in [9.17, 15) is 9.59 Å². The Kier molecular flexibility index (Phi) is 4.56. The van der Waals surface area contributed by atoms with Crippen molar-refractivity contribution in [3.8, 4) is 0 Å². The molecule has 4 heteroatoms. The number of hydrogen-bond acceptors (Lipinski definition) is 2. The number of rotatable bonds is 5. The lowest BCUT2D eigenvalue weighted by atomic mass is 10.0. The zero-order chi connectivity index (χ0) is 15.4. The van der Waals surface area contributed by atoms with Gasteiger partial charge in [-0.25, -0.2) is 0 Å². The molecule has 0 unspecified atom stereocenters. The predicted molar refractivity (Wildman–Crippen MR) is 84.9 cm³/mol. The van der Waals surface area contributed by atoms with Crippen molar-refractivity contribution >= 4 is 11.8 Å². The predicted octanol–water partition coefficient (Wildman–Crippen LogP) is 2.26. The Morgan fingerprint density at radius 2 is 2.09 bits per heavy atom. The Bertz CT molecular complexity index is 568. The fourth-order valence-corrected chi connectivity index (χ4v) is 3.22. The Labute approximate surface area is 131 Å². The van der Waals surface area contributed by atoms with E-state index in [0.717, 1.165) is 18.4 Å². The molecule has 1 fully saturated rings. The molecule has 1 heterocycles. The standard InChI is InChI=1S/C18H22N2O2/c21-17(10-14-6-4-5-7-14)19-16-11-18(22)20(13-16)12-15-8-2-1-3-9-15/h1-4,6,8-9,14,16H,5,7,10-13H2,(H,19,21)/t14-,16+/m1/s1. The van der Waals surface area contributed by atoms with Gasteiger partial charge in [0, 0.05) is 25.9 Å². The Morgan fingerprint density at radius 3 is 2.82 bits per heavy atom. The van der Waals surface area contributed by atoms with Crippen LogP contribution in [0.3, 0.4) is 0 Å². The topological polar surface area (TPSA) is 49.4 Å². The van der Waals surface area contributed by atoms with E-state index in [4.69, 9.17) is 0 Å². The van der Waals surface area contributed by atoms with E-state index < -0.39 is 0 Å². The summed E-state index contributed by atoms with van der Waals surface area (Å²) in [5, 5.41) is 3.02. The number of nitrogens with one attached hydrogen (secondary N) is 1. The maximum Gasteiger partial charge on any atom is 0.225 e. The van der Waals surface area contributed by atoms with Crippen molar-refractivity contribution in [2.24, 2.45) is 5.92 Å². The molecule has 0 radical (unpaired) electrons. The molecule has 2 amide bonds. The van der Waals surface area contributed by atoms with E-state index in [2.05, 4.69) is 17.5 Å². The number of benzene rings is 1. The molecule has 1 N–H and O–H groups in total. The second kappa shape index (κ2) is 6.77. The summed E-state index contributed by atoms with van der Waals surface area (Å²) >= 11 is 0. The van der Waals surface area contributed by atoms with Crippen LogP contribution in [0.4, 0.5) is 0 Å². The molecule has 3 rings (SSSR count). The fraction of sp³-hybridized carbons (Fsp3) is 0.444. The monoisotopic (exact) mass is 298 g/mol. The molecule has 0 bridgehead atoms. The summed E-state index contributed by atoms with van der Waals surface area (Å²) in [6, 6.07) is 9.91. The van der Waals surface area contributed by atoms with Crippen LogP contribution < -0.4 is 5.32 Å². The Balaban J connectivity index is 1.49. The molecule has 1 saturated heterocycles. The van der Waals surface area contributed by atoms with Crippen molar-refractivity contribution in [3.05, 3.63) is 48.0 Å². The van der Waals surface area contributed by atoms with Crippen molar-refractivity contribution < 1.29 is 9.59 Å². The normalized spacial score (nSPS) is 24.0. The molecule has 0 saturated carbocycles. The van der Waals surface area contributed by atoms with E-state index in [0.29, 0.717) is 31.8 Å². The third-order valence-electron chi connectivity index (χ3n) is 4.36. The van der Waals surface area contributed by atoms with Gasteiger partial charge in [0.25, 0.3) is 0 Å². The van der Waals surface area contributed by atoms with Gasteiger partial charge in [-0.15, -0.1) is 0 Å². The van der Waals surface area contributed by atoms with E-state index in [1.807, 2.05) is 35.2 Å². The molecule has 2 atom stereocenters. The third-order valence-corrected chi connectivity index (χ3v) is 4.36. The van der Waals surface area contributed by atoms with Crippen molar-refractivity contribution in [1.29, 1.82) is 0 Å². The minimum Gasteiger partial charge on any atom is -0.351 e. The van der Waals surface area contributed by atoms with Crippen molar-refractivity contribution in [1.82, 2.24) is 10.2 Å². The zero-order valence-electron chi connectivity index (χ0n) is 12.7. The first-order valence-electron chi connectivity index (χ1n) is 7.98. The number of nitrogens with zero attached hydrogens (tertiary/aromatic N) is 1. The molecule has 22 heavy (non-hydrogen) atoms. The number of carbonyl (C=O) groups is 2. The van der Waals surface area contributed by atoms with Crippen molar-refractivity contribution in [2.45, 2.75) is 38.3 Å². The maximum atomic E-state index is 12.1. The van der Waals surface area contributed by atoms with Gasteiger partial charge in [-0.2, -0.15) is 0 Å². The summed E-state index contributed by atoms with van der Waals surface area (Å²) in [6.45, 7) is 1.23. The molecular formula is C18H22N2O2. The third kappa shape index (κ3) is 3.75. The van der Waals surface area contributed by atoms with Gasteiger partial charge in [0.2, 0.25) is 11.8 Å². The summed E-state index contributed by atoms with van der Waals surface area (Å²) in [6.07, 6.45) is 7.36. The van der Waals surface area contributed by atoms with Crippen molar-refractivity contribution in [3.63, 3.8) is 0 Å². The van der Waals surface area contributed by atoms with Gasteiger partial charge in [0.1, 0.15) is 0 Å². The van der Waals surface area contributed by atoms with Crippen LogP contribution in [0.1, 0.15) is 31.2 Å². The molecule has 2 aliphatic rings. The van der Waals surface area contributed by atoms with Crippen LogP contribution in [-0.2, 0) is 16.1 Å². The van der Waals surface area contributed by atoms with Gasteiger partial charge in [-0.05, 0) is 24.3 Å². The number of amides is 2. The summed E-state index contributed by atoms with van der Waals surface area (Å²) < 4.78 is 0. The van der Waals surface area contributed by atoms with E-state index in [-0.39, 0.29) is 17.9 Å². The van der Waals surface area contributed by atoms with Gasteiger partial charge in [-0.1, -0.05) is 42.5 Å². The first-order chi connectivity index (χ1) is 10.7. The lowest BCUT2D eigenvalue weighted by molar-refractivity contribution is -0.128. The summed E-state index contributed by atoms with van der Waals surface area (Å²) in [4.78, 5) is 26.0. The van der Waals surface area contributed by atoms with Crippen molar-refractivity contribution in [2.75, 3.05) is 6.54 Å². The van der Waals surface area contributed by atoms with E-state index in [1.165, 1.54) is 0 Å². The average Bonchev–Trinajstić information content (AvgIpc) is 3.11. The minimum absolute atomic E-state index is 0.0471. The zero-order valence-corrected chi connectivity index (χ0v) is 12.7. The largest absolute Gasteiger partial charge is 0.351 e. The van der Waals surface area contributed by atoms with Crippen LogP contribution in [0.2, 0.25) is 0 Å². The van der Waals surface area contributed by atoms with Crippen LogP contribution in [0, 0.1) is 5.92 Å². The molecular weight excluding hydrogens is 276 g/mol. The highest BCUT2D eigenvalue weighted by Gasteiger charge is 2.30. The maximum absolute atomic E-state index is 12.1. The first kappa shape index (κ1) is 14.8. The molecule has 1 aliphatic heterocycles. The highest BCUT2D eigenvalue weighted by Crippen LogP contribution is 2.21. The van der Waals surface area contributed by atoms with Crippen LogP contribution in [0.15, 0.2) is 42.5 Å². The quantitative estimate of drug-likeness (QED) is 0.848. The van der Waals surface area contributed by atoms with Crippen LogP contribution in [0.25, 0.3) is 0 Å². The molecule has 0 aromatic heterocycles. The minimum atomic E-state index is -0.0471. The van der Waals surface area contributed by atoms with E-state index >= 15 is 0 Å². The van der Waals surface area contributed by atoms with Gasteiger partial charge in [0.15, 0.2) is 0 Å². The smallest absolute Gasteiger partial charge is 0.225 e. The molecule has 1 aromatic carbocycles. The summed E-state index contributed by atoms with van der Waals surface area (Å²) in [7, 11) is 0. The number of hydrogen-bond donors (Lipinski definition) is 1. The van der Waals surface area contributed by atoms with Gasteiger partial charge in [0.05, 0.1) is 6.04 Å². The molecule has 1 aliphatic carbocycles. The van der Waals surface area contributed by atoms with Crippen LogP contribution in [0.5, 0.6) is 0 Å². The molecule has 1 aromatic rings. The Morgan fingerprint density at radius 1 is 1.27 bits per heavy atom. The number of likely N-dealkylation sites (tertiary alicyclic amines) is 1. The average molecular weight is 298 g/mol. The molecule has 4 nitrogen and oxygen atoms in total. The second-order valence-corrected chi connectivity index (χ2v) is 6.20. The van der Waals surface area contributed by atoms with Gasteiger partial charge >= 0.3 is 0 Å². The SMILES string of the molecule is O=C(C[C@@H]1C=CCC1)N[C@H]1CC(=O)N(Cc2ccccc2)C1. The van der Waals surface area contributed by atoms with Gasteiger partial charge in [-0.3, -0.25) is 9.59 Å². The molecule has 0 spiro atoms. The van der Waals surface area contributed by atoms with E-state index in [1.54, 1.807) is 0 Å². The fourth-order valence-electron chi connectivity index (χ4n) is 3.22. The van der Waals surface area contributed by atoms with Crippen LogP contribution >= 0.6 is 0 Å². The first-order valence-corrected chi connectivity index (χ1v) is 7.98. The van der Waals surface area contributed by atoms with Gasteiger partial charge < -0.3 is 10.2 Å². The lowest BCUT2D eigenvalue weighted by Crippen LogP contribution is -2.37. The summed E-state index contributed by atoms with van der Waals surface area (Å²) in [5.41, 5.74) is 1.12. The Hall–Kier alpha value is -2.10. The second-order valence-electron chi connectivity index (χ2n) is 6.20.